The van der Waals surface area contributed by atoms with Crippen LogP contribution in [0.3, 0.4) is 0 Å². The fraction of sp³-hybridized carbons (Fsp3) is 0.294. The lowest BCUT2D eigenvalue weighted by molar-refractivity contribution is 0.299. The largest absolute Gasteiger partial charge is 0.508 e. The van der Waals surface area contributed by atoms with Gasteiger partial charge >= 0.3 is 0 Å². The predicted octanol–water partition coefficient (Wildman–Crippen LogP) is 3.64. The molecule has 2 aromatic carbocycles. The lowest BCUT2D eigenvalue weighted by Crippen LogP contribution is -2.18. The highest BCUT2D eigenvalue weighted by atomic mass is 16.5. The summed E-state index contributed by atoms with van der Waals surface area (Å²) < 4.78 is 5.91. The third kappa shape index (κ3) is 3.75. The fourth-order valence-electron chi connectivity index (χ4n) is 2.14. The number of para-hydroxylation sites is 1. The molecule has 0 aliphatic carbocycles. The van der Waals surface area contributed by atoms with Gasteiger partial charge in [0, 0.05) is 11.6 Å². The average Bonchev–Trinajstić information content (AvgIpc) is 2.47. The molecule has 3 nitrogen and oxygen atoms in total. The summed E-state index contributed by atoms with van der Waals surface area (Å²) >= 11 is 0. The van der Waals surface area contributed by atoms with Crippen molar-refractivity contribution in [1.82, 2.24) is 5.32 Å². The monoisotopic (exact) mass is 271 g/mol. The molecule has 2 rings (SSSR count). The van der Waals surface area contributed by atoms with E-state index in [4.69, 9.17) is 4.74 Å². The number of benzene rings is 2. The van der Waals surface area contributed by atoms with E-state index in [0.717, 1.165) is 23.4 Å². The lowest BCUT2D eigenvalue weighted by atomic mass is 10.1. The van der Waals surface area contributed by atoms with Crippen LogP contribution < -0.4 is 10.1 Å². The van der Waals surface area contributed by atoms with E-state index in [2.05, 4.69) is 25.2 Å². The maximum Gasteiger partial charge on any atom is 0.124 e. The van der Waals surface area contributed by atoms with Gasteiger partial charge < -0.3 is 15.2 Å². The summed E-state index contributed by atoms with van der Waals surface area (Å²) in [5.41, 5.74) is 2.20. The molecule has 106 valence electrons. The van der Waals surface area contributed by atoms with Crippen LogP contribution in [0.25, 0.3) is 0 Å². The summed E-state index contributed by atoms with van der Waals surface area (Å²) in [7, 11) is 0. The molecule has 1 atom stereocenters. The minimum absolute atomic E-state index is 0.260. The first-order valence-corrected chi connectivity index (χ1v) is 6.93. The van der Waals surface area contributed by atoms with E-state index < -0.39 is 0 Å². The van der Waals surface area contributed by atoms with Crippen LogP contribution in [0.4, 0.5) is 0 Å². The molecule has 0 spiro atoms. The fourth-order valence-corrected chi connectivity index (χ4v) is 2.14. The van der Waals surface area contributed by atoms with Gasteiger partial charge in [0.1, 0.15) is 18.1 Å². The Balaban J connectivity index is 2.07. The molecule has 0 amide bonds. The van der Waals surface area contributed by atoms with Crippen LogP contribution in [0, 0.1) is 0 Å². The topological polar surface area (TPSA) is 41.5 Å². The molecule has 2 N–H and O–H groups in total. The van der Waals surface area contributed by atoms with E-state index in [-0.39, 0.29) is 11.8 Å². The van der Waals surface area contributed by atoms with Gasteiger partial charge in [-0.25, -0.2) is 0 Å². The number of nitrogens with one attached hydrogen (secondary N) is 1. The summed E-state index contributed by atoms with van der Waals surface area (Å²) in [6, 6.07) is 15.4. The summed E-state index contributed by atoms with van der Waals surface area (Å²) in [4.78, 5) is 0. The van der Waals surface area contributed by atoms with Crippen molar-refractivity contribution in [3.8, 4) is 11.5 Å². The molecule has 20 heavy (non-hydrogen) atoms. The maximum absolute atomic E-state index is 9.27. The van der Waals surface area contributed by atoms with Crippen LogP contribution in [0.5, 0.6) is 11.5 Å². The smallest absolute Gasteiger partial charge is 0.124 e. The first-order valence-electron chi connectivity index (χ1n) is 6.93. The van der Waals surface area contributed by atoms with E-state index in [0.29, 0.717) is 6.61 Å². The van der Waals surface area contributed by atoms with E-state index >= 15 is 0 Å². The molecule has 0 aromatic heterocycles. The van der Waals surface area contributed by atoms with E-state index in [1.807, 2.05) is 30.3 Å². The highest BCUT2D eigenvalue weighted by Gasteiger charge is 2.10. The zero-order chi connectivity index (χ0) is 14.4. The van der Waals surface area contributed by atoms with Crippen LogP contribution in [-0.2, 0) is 6.61 Å². The average molecular weight is 271 g/mol. The number of ether oxygens (including phenoxy) is 1. The van der Waals surface area contributed by atoms with Crippen LogP contribution in [-0.4, -0.2) is 11.7 Å². The zero-order valence-electron chi connectivity index (χ0n) is 12.0. The number of aromatic hydroxyl groups is 1. The molecule has 0 bridgehead atoms. The second-order valence-corrected chi connectivity index (χ2v) is 4.77. The Morgan fingerprint density at radius 1 is 1.10 bits per heavy atom. The molecule has 1 unspecified atom stereocenters. The summed E-state index contributed by atoms with van der Waals surface area (Å²) in [6.07, 6.45) is 0. The Kier molecular flexibility index (Phi) is 5.02. The number of rotatable bonds is 6. The van der Waals surface area contributed by atoms with E-state index in [1.54, 1.807) is 12.1 Å². The third-order valence-electron chi connectivity index (χ3n) is 3.23. The van der Waals surface area contributed by atoms with Gasteiger partial charge in [-0.15, -0.1) is 0 Å². The van der Waals surface area contributed by atoms with Crippen molar-refractivity contribution in [3.63, 3.8) is 0 Å². The Morgan fingerprint density at radius 2 is 1.80 bits per heavy atom. The summed E-state index contributed by atoms with van der Waals surface area (Å²) in [6.45, 7) is 5.65. The molecule has 3 heteroatoms. The molecule has 0 fully saturated rings. The first-order chi connectivity index (χ1) is 9.70. The predicted molar refractivity (Wildman–Crippen MR) is 81.0 cm³/mol. The SMILES string of the molecule is CCNC(C)c1ccccc1OCc1ccc(O)cc1. The molecule has 2 aromatic rings. The van der Waals surface area contributed by atoms with Crippen LogP contribution >= 0.6 is 0 Å². The molecule has 0 heterocycles. The van der Waals surface area contributed by atoms with Crippen molar-refractivity contribution in [2.45, 2.75) is 26.5 Å². The third-order valence-corrected chi connectivity index (χ3v) is 3.23. The molecular weight excluding hydrogens is 250 g/mol. The maximum atomic E-state index is 9.27. The van der Waals surface area contributed by atoms with Crippen molar-refractivity contribution in [2.24, 2.45) is 0 Å². The summed E-state index contributed by atoms with van der Waals surface area (Å²) in [5, 5.41) is 12.7. The number of hydrogen-bond donors (Lipinski definition) is 2. The first kappa shape index (κ1) is 14.4. The van der Waals surface area contributed by atoms with Crippen molar-refractivity contribution in [2.75, 3.05) is 6.54 Å². The minimum atomic E-state index is 0.260. The minimum Gasteiger partial charge on any atom is -0.508 e. The highest BCUT2D eigenvalue weighted by Crippen LogP contribution is 2.25. The van der Waals surface area contributed by atoms with Gasteiger partial charge in [-0.3, -0.25) is 0 Å². The Hall–Kier alpha value is -2.00. The van der Waals surface area contributed by atoms with Gasteiger partial charge in [0.2, 0.25) is 0 Å². The van der Waals surface area contributed by atoms with Gasteiger partial charge in [0.25, 0.3) is 0 Å². The van der Waals surface area contributed by atoms with Crippen molar-refractivity contribution in [3.05, 3.63) is 59.7 Å². The van der Waals surface area contributed by atoms with Gasteiger partial charge in [0.15, 0.2) is 0 Å². The molecular formula is C17H21NO2. The van der Waals surface area contributed by atoms with E-state index in [1.165, 1.54) is 0 Å². The van der Waals surface area contributed by atoms with Gasteiger partial charge in [-0.2, -0.15) is 0 Å². The molecule has 0 aliphatic heterocycles. The van der Waals surface area contributed by atoms with Crippen molar-refractivity contribution < 1.29 is 9.84 Å². The molecule has 0 saturated carbocycles. The van der Waals surface area contributed by atoms with Crippen LogP contribution in [0.2, 0.25) is 0 Å². The second-order valence-electron chi connectivity index (χ2n) is 4.77. The van der Waals surface area contributed by atoms with Crippen molar-refractivity contribution >= 4 is 0 Å². The zero-order valence-corrected chi connectivity index (χ0v) is 12.0. The number of hydrogen-bond acceptors (Lipinski definition) is 3. The molecule has 0 saturated heterocycles. The number of phenolic OH excluding ortho intramolecular Hbond substituents is 1. The number of phenols is 1. The van der Waals surface area contributed by atoms with Gasteiger partial charge in [-0.1, -0.05) is 37.3 Å². The van der Waals surface area contributed by atoms with Gasteiger partial charge in [-0.05, 0) is 37.2 Å². The Morgan fingerprint density at radius 3 is 2.50 bits per heavy atom. The lowest BCUT2D eigenvalue weighted by Gasteiger charge is -2.17. The second kappa shape index (κ2) is 6.96. The molecule has 0 aliphatic rings. The normalized spacial score (nSPS) is 12.1. The van der Waals surface area contributed by atoms with E-state index in [9.17, 15) is 5.11 Å². The Bertz CT molecular complexity index is 537. The van der Waals surface area contributed by atoms with Crippen molar-refractivity contribution in [1.29, 1.82) is 0 Å². The molecule has 0 radical (unpaired) electrons. The van der Waals surface area contributed by atoms with Gasteiger partial charge in [0.05, 0.1) is 0 Å². The standard InChI is InChI=1S/C17H21NO2/c1-3-18-13(2)16-6-4-5-7-17(16)20-12-14-8-10-15(19)11-9-14/h4-11,13,18-19H,3,12H2,1-2H3. The quantitative estimate of drug-likeness (QED) is 0.842. The summed E-state index contributed by atoms with van der Waals surface area (Å²) in [5.74, 6) is 1.17. The van der Waals surface area contributed by atoms with Crippen LogP contribution in [0.1, 0.15) is 31.0 Å². The van der Waals surface area contributed by atoms with Crippen LogP contribution in [0.15, 0.2) is 48.5 Å². The highest BCUT2D eigenvalue weighted by molar-refractivity contribution is 5.36. The Labute approximate surface area is 120 Å².